The molecule has 0 spiro atoms. The normalized spacial score (nSPS) is 14.3. The highest BCUT2D eigenvalue weighted by atomic mass is 15.1. The van der Waals surface area contributed by atoms with Gasteiger partial charge in [-0.25, -0.2) is 0 Å². The standard InChI is InChI=1S/C58H44N2/c1-57(2)49-26-13-8-24-46(49)56-50(57)27-17-31-55(56)59(38-32-33-42-41-20-7-12-25-48(41)58(3,4)51(42)36-38)54-30-16-11-23-45(54)47-35-39(34-37-18-5-6-19-40(37)47)60-52-28-14-9-21-43(52)44-22-10-15-29-53(44)60/h5-36H,1-4H3. The van der Waals surface area contributed by atoms with Crippen molar-refractivity contribution < 1.29 is 0 Å². The number of benzene rings is 9. The van der Waals surface area contributed by atoms with Gasteiger partial charge in [-0.05, 0) is 104 Å². The minimum atomic E-state index is -0.146. The Morgan fingerprint density at radius 3 is 1.65 bits per heavy atom. The molecule has 0 bridgehead atoms. The molecule has 60 heavy (non-hydrogen) atoms. The second-order valence-corrected chi connectivity index (χ2v) is 17.7. The molecule has 0 unspecified atom stereocenters. The van der Waals surface area contributed by atoms with E-state index in [-0.39, 0.29) is 10.8 Å². The predicted octanol–water partition coefficient (Wildman–Crippen LogP) is 15.7. The summed E-state index contributed by atoms with van der Waals surface area (Å²) in [5.41, 5.74) is 19.9. The van der Waals surface area contributed by atoms with Crippen LogP contribution in [0.1, 0.15) is 49.9 Å². The first-order chi connectivity index (χ1) is 29.3. The number of aromatic nitrogens is 1. The maximum absolute atomic E-state index is 2.56. The minimum absolute atomic E-state index is 0.137. The molecule has 9 aromatic carbocycles. The van der Waals surface area contributed by atoms with Crippen molar-refractivity contribution in [1.29, 1.82) is 0 Å². The SMILES string of the molecule is CC1(C)c2ccccc2-c2ccc(N(c3ccccc3-c3cc(-n4c5ccccc5c5ccccc54)cc4ccccc34)c3cccc4c3-c3ccccc3C4(C)C)cc21. The van der Waals surface area contributed by atoms with Crippen LogP contribution in [0.4, 0.5) is 17.1 Å². The largest absolute Gasteiger partial charge is 0.309 e. The zero-order valence-corrected chi connectivity index (χ0v) is 34.4. The lowest BCUT2D eigenvalue weighted by molar-refractivity contribution is 0.660. The third kappa shape index (κ3) is 4.82. The lowest BCUT2D eigenvalue weighted by Gasteiger charge is -2.32. The molecule has 10 aromatic rings. The van der Waals surface area contributed by atoms with E-state index in [9.17, 15) is 0 Å². The highest BCUT2D eigenvalue weighted by molar-refractivity contribution is 6.10. The number of fused-ring (bicyclic) bond motifs is 10. The molecule has 286 valence electrons. The predicted molar refractivity (Wildman–Crippen MR) is 254 cm³/mol. The number of para-hydroxylation sites is 3. The second kappa shape index (κ2) is 12.7. The fourth-order valence-electron chi connectivity index (χ4n) is 10.9. The van der Waals surface area contributed by atoms with Crippen molar-refractivity contribution in [2.75, 3.05) is 4.90 Å². The van der Waals surface area contributed by atoms with E-state index < -0.39 is 0 Å². The van der Waals surface area contributed by atoms with E-state index in [2.05, 4.69) is 231 Å². The van der Waals surface area contributed by atoms with Crippen LogP contribution in [0.15, 0.2) is 194 Å². The molecule has 0 saturated heterocycles. The molecule has 12 rings (SSSR count). The van der Waals surface area contributed by atoms with Gasteiger partial charge in [-0.3, -0.25) is 0 Å². The lowest BCUT2D eigenvalue weighted by atomic mass is 9.82. The summed E-state index contributed by atoms with van der Waals surface area (Å²) >= 11 is 0. The van der Waals surface area contributed by atoms with Crippen molar-refractivity contribution in [3.8, 4) is 39.1 Å². The van der Waals surface area contributed by atoms with Crippen LogP contribution in [0.2, 0.25) is 0 Å². The summed E-state index contributed by atoms with van der Waals surface area (Å²) in [6.45, 7) is 9.51. The van der Waals surface area contributed by atoms with E-state index >= 15 is 0 Å². The van der Waals surface area contributed by atoms with Crippen molar-refractivity contribution in [2.45, 2.75) is 38.5 Å². The van der Waals surface area contributed by atoms with Crippen molar-refractivity contribution in [3.05, 3.63) is 216 Å². The van der Waals surface area contributed by atoms with Gasteiger partial charge in [0.15, 0.2) is 0 Å². The molecule has 2 aliphatic rings. The van der Waals surface area contributed by atoms with Crippen LogP contribution in [-0.4, -0.2) is 4.57 Å². The maximum atomic E-state index is 2.56. The van der Waals surface area contributed by atoms with E-state index in [0.717, 1.165) is 17.1 Å². The van der Waals surface area contributed by atoms with Gasteiger partial charge in [0, 0.05) is 44.1 Å². The molecule has 0 amide bonds. The van der Waals surface area contributed by atoms with Gasteiger partial charge in [0.25, 0.3) is 0 Å². The zero-order chi connectivity index (χ0) is 40.3. The first-order valence-electron chi connectivity index (χ1n) is 21.2. The van der Waals surface area contributed by atoms with E-state index in [0.29, 0.717) is 0 Å². The van der Waals surface area contributed by atoms with Crippen LogP contribution in [0.3, 0.4) is 0 Å². The molecule has 2 aliphatic carbocycles. The van der Waals surface area contributed by atoms with E-state index in [1.165, 1.54) is 93.9 Å². The summed E-state index contributed by atoms with van der Waals surface area (Å²) < 4.78 is 2.45. The summed E-state index contributed by atoms with van der Waals surface area (Å²) in [6, 6.07) is 72.5. The van der Waals surface area contributed by atoms with E-state index in [1.807, 2.05) is 0 Å². The Balaban J connectivity index is 1.15. The Labute approximate surface area is 351 Å². The summed E-state index contributed by atoms with van der Waals surface area (Å²) in [4.78, 5) is 2.56. The maximum Gasteiger partial charge on any atom is 0.0543 e. The van der Waals surface area contributed by atoms with E-state index in [4.69, 9.17) is 0 Å². The van der Waals surface area contributed by atoms with Crippen LogP contribution >= 0.6 is 0 Å². The topological polar surface area (TPSA) is 8.17 Å². The molecule has 0 N–H and O–H groups in total. The number of hydrogen-bond acceptors (Lipinski definition) is 1. The summed E-state index contributed by atoms with van der Waals surface area (Å²) in [6.07, 6.45) is 0. The van der Waals surface area contributed by atoms with Crippen molar-refractivity contribution >= 4 is 49.6 Å². The van der Waals surface area contributed by atoms with Gasteiger partial charge in [-0.1, -0.05) is 173 Å². The summed E-state index contributed by atoms with van der Waals surface area (Å²) in [7, 11) is 0. The van der Waals surface area contributed by atoms with Crippen LogP contribution in [-0.2, 0) is 10.8 Å². The Hall–Kier alpha value is -7.16. The van der Waals surface area contributed by atoms with Gasteiger partial charge in [0.2, 0.25) is 0 Å². The van der Waals surface area contributed by atoms with Gasteiger partial charge in [-0.2, -0.15) is 0 Å². The molecule has 0 fully saturated rings. The molecular formula is C58H44N2. The van der Waals surface area contributed by atoms with Crippen LogP contribution in [0.5, 0.6) is 0 Å². The Bertz CT molecular complexity index is 3340. The fraction of sp³-hybridized carbons (Fsp3) is 0.103. The third-order valence-electron chi connectivity index (χ3n) is 13.8. The zero-order valence-electron chi connectivity index (χ0n) is 34.4. The Kier molecular flexibility index (Phi) is 7.36. The monoisotopic (exact) mass is 768 g/mol. The first-order valence-corrected chi connectivity index (χ1v) is 21.2. The summed E-state index contributed by atoms with van der Waals surface area (Å²) in [5.74, 6) is 0. The molecule has 0 aliphatic heterocycles. The van der Waals surface area contributed by atoms with Gasteiger partial charge in [0.1, 0.15) is 0 Å². The van der Waals surface area contributed by atoms with Gasteiger partial charge in [-0.15, -0.1) is 0 Å². The number of anilines is 3. The molecule has 1 aromatic heterocycles. The second-order valence-electron chi connectivity index (χ2n) is 17.7. The smallest absolute Gasteiger partial charge is 0.0543 e. The Morgan fingerprint density at radius 2 is 0.900 bits per heavy atom. The molecule has 0 saturated carbocycles. The molecule has 2 heteroatoms. The number of hydrogen-bond donors (Lipinski definition) is 0. The molecule has 2 nitrogen and oxygen atoms in total. The molecule has 1 heterocycles. The van der Waals surface area contributed by atoms with Gasteiger partial charge >= 0.3 is 0 Å². The number of nitrogens with zero attached hydrogens (tertiary/aromatic N) is 2. The third-order valence-corrected chi connectivity index (χ3v) is 13.8. The van der Waals surface area contributed by atoms with Crippen LogP contribution in [0, 0.1) is 0 Å². The average Bonchev–Trinajstić information content (AvgIpc) is 3.84. The minimum Gasteiger partial charge on any atom is -0.309 e. The molecule has 0 radical (unpaired) electrons. The van der Waals surface area contributed by atoms with Gasteiger partial charge in [0.05, 0.1) is 22.4 Å². The molecule has 0 atom stereocenters. The van der Waals surface area contributed by atoms with Crippen LogP contribution < -0.4 is 4.90 Å². The van der Waals surface area contributed by atoms with Crippen molar-refractivity contribution in [3.63, 3.8) is 0 Å². The highest BCUT2D eigenvalue weighted by Gasteiger charge is 2.39. The number of rotatable bonds is 5. The molecular weight excluding hydrogens is 725 g/mol. The van der Waals surface area contributed by atoms with E-state index in [1.54, 1.807) is 0 Å². The fourth-order valence-corrected chi connectivity index (χ4v) is 10.9. The van der Waals surface area contributed by atoms with Gasteiger partial charge < -0.3 is 9.47 Å². The summed E-state index contributed by atoms with van der Waals surface area (Å²) in [5, 5.41) is 4.96. The Morgan fingerprint density at radius 1 is 0.367 bits per heavy atom. The average molecular weight is 769 g/mol. The first kappa shape index (κ1) is 34.8. The highest BCUT2D eigenvalue weighted by Crippen LogP contribution is 2.56. The van der Waals surface area contributed by atoms with Crippen LogP contribution in [0.25, 0.3) is 71.6 Å². The van der Waals surface area contributed by atoms with Crippen molar-refractivity contribution in [2.24, 2.45) is 0 Å². The van der Waals surface area contributed by atoms with Crippen molar-refractivity contribution in [1.82, 2.24) is 4.57 Å². The lowest BCUT2D eigenvalue weighted by Crippen LogP contribution is -2.18. The quantitative estimate of drug-likeness (QED) is 0.169.